The summed E-state index contributed by atoms with van der Waals surface area (Å²) >= 11 is 0. The molecule has 2 atom stereocenters. The third kappa shape index (κ3) is 3.65. The van der Waals surface area contributed by atoms with Crippen molar-refractivity contribution >= 4 is 5.91 Å². The third-order valence-electron chi connectivity index (χ3n) is 4.92. The van der Waals surface area contributed by atoms with Crippen LogP contribution in [0.15, 0.2) is 36.4 Å². The number of hydrogen-bond donors (Lipinski definition) is 0. The van der Waals surface area contributed by atoms with Crippen LogP contribution in [0.1, 0.15) is 30.9 Å². The van der Waals surface area contributed by atoms with E-state index in [0.29, 0.717) is 26.2 Å². The number of rotatable bonds is 3. The molecule has 1 aliphatic heterocycles. The van der Waals surface area contributed by atoms with Gasteiger partial charge in [-0.1, -0.05) is 24.3 Å². The van der Waals surface area contributed by atoms with Crippen LogP contribution in [-0.4, -0.2) is 41.9 Å². The molecule has 2 aliphatic rings. The molecule has 0 N–H and O–H groups in total. The van der Waals surface area contributed by atoms with Crippen molar-refractivity contribution in [1.29, 1.82) is 5.26 Å². The average molecular weight is 327 g/mol. The van der Waals surface area contributed by atoms with Crippen LogP contribution in [0.4, 0.5) is 4.39 Å². The Labute approximate surface area is 142 Å². The molecule has 0 bridgehead atoms. The highest BCUT2D eigenvalue weighted by Gasteiger charge is 2.30. The molecule has 1 amide bonds. The van der Waals surface area contributed by atoms with Gasteiger partial charge in [0.15, 0.2) is 0 Å². The van der Waals surface area contributed by atoms with E-state index in [2.05, 4.69) is 23.1 Å². The number of piperazine rings is 1. The van der Waals surface area contributed by atoms with Crippen molar-refractivity contribution in [3.05, 3.63) is 47.8 Å². The van der Waals surface area contributed by atoms with Gasteiger partial charge in [-0.25, -0.2) is 4.39 Å². The van der Waals surface area contributed by atoms with Gasteiger partial charge < -0.3 is 4.90 Å². The lowest BCUT2D eigenvalue weighted by molar-refractivity contribution is -0.137. The van der Waals surface area contributed by atoms with Crippen molar-refractivity contribution in [3.8, 4) is 6.07 Å². The number of nitrogens with zero attached hydrogens (tertiary/aromatic N) is 3. The molecule has 1 saturated heterocycles. The Kier molecular flexibility index (Phi) is 5.27. The van der Waals surface area contributed by atoms with Crippen LogP contribution in [0.2, 0.25) is 0 Å². The van der Waals surface area contributed by atoms with Crippen LogP contribution >= 0.6 is 0 Å². The Morgan fingerprint density at radius 1 is 1.17 bits per heavy atom. The first-order valence-corrected chi connectivity index (χ1v) is 8.52. The molecule has 1 aromatic carbocycles. The zero-order chi connectivity index (χ0) is 16.9. The molecule has 0 unspecified atom stereocenters. The molecule has 5 heteroatoms. The molecular formula is C19H22FN3O. The Morgan fingerprint density at radius 3 is 2.46 bits per heavy atom. The first-order valence-electron chi connectivity index (χ1n) is 8.52. The number of benzene rings is 1. The second-order valence-corrected chi connectivity index (χ2v) is 6.43. The van der Waals surface area contributed by atoms with E-state index < -0.39 is 0 Å². The van der Waals surface area contributed by atoms with Crippen molar-refractivity contribution in [2.45, 2.75) is 25.3 Å². The minimum atomic E-state index is -0.388. The second kappa shape index (κ2) is 7.59. The van der Waals surface area contributed by atoms with Gasteiger partial charge in [-0.3, -0.25) is 9.69 Å². The summed E-state index contributed by atoms with van der Waals surface area (Å²) in [5, 5.41) is 9.51. The van der Waals surface area contributed by atoms with Gasteiger partial charge in [0, 0.05) is 32.1 Å². The normalized spacial score (nSPS) is 22.8. The molecule has 1 fully saturated rings. The fourth-order valence-electron chi connectivity index (χ4n) is 3.49. The van der Waals surface area contributed by atoms with E-state index in [1.807, 2.05) is 4.90 Å². The van der Waals surface area contributed by atoms with Gasteiger partial charge in [0.1, 0.15) is 11.9 Å². The zero-order valence-corrected chi connectivity index (χ0v) is 13.7. The van der Waals surface area contributed by atoms with Crippen LogP contribution in [0.25, 0.3) is 0 Å². The first kappa shape index (κ1) is 16.7. The van der Waals surface area contributed by atoms with Crippen LogP contribution in [-0.2, 0) is 4.79 Å². The van der Waals surface area contributed by atoms with E-state index in [1.54, 1.807) is 12.1 Å². The monoisotopic (exact) mass is 327 g/mol. The lowest BCUT2D eigenvalue weighted by Crippen LogP contribution is -2.51. The van der Waals surface area contributed by atoms with Crippen LogP contribution in [0.3, 0.4) is 0 Å². The van der Waals surface area contributed by atoms with E-state index in [-0.39, 0.29) is 23.7 Å². The van der Waals surface area contributed by atoms with Gasteiger partial charge in [-0.05, 0) is 37.0 Å². The van der Waals surface area contributed by atoms with E-state index >= 15 is 0 Å². The Balaban J connectivity index is 1.59. The number of carbonyl (C=O) groups is 1. The third-order valence-corrected chi connectivity index (χ3v) is 4.92. The number of nitriles is 1. The zero-order valence-electron chi connectivity index (χ0n) is 13.7. The summed E-state index contributed by atoms with van der Waals surface area (Å²) in [4.78, 5) is 16.6. The van der Waals surface area contributed by atoms with Gasteiger partial charge in [0.2, 0.25) is 5.91 Å². The predicted molar refractivity (Wildman–Crippen MR) is 89.4 cm³/mol. The summed E-state index contributed by atoms with van der Waals surface area (Å²) < 4.78 is 13.1. The van der Waals surface area contributed by atoms with Crippen LogP contribution in [0, 0.1) is 23.1 Å². The van der Waals surface area contributed by atoms with Crippen molar-refractivity contribution in [3.63, 3.8) is 0 Å². The summed E-state index contributed by atoms with van der Waals surface area (Å²) in [6, 6.07) is 8.01. The molecule has 1 aliphatic carbocycles. The quantitative estimate of drug-likeness (QED) is 0.802. The molecule has 24 heavy (non-hydrogen) atoms. The lowest BCUT2D eigenvalue weighted by atomic mass is 9.93. The first-order chi connectivity index (χ1) is 11.7. The number of allylic oxidation sites excluding steroid dienone is 2. The summed E-state index contributed by atoms with van der Waals surface area (Å²) in [7, 11) is 0. The lowest BCUT2D eigenvalue weighted by Gasteiger charge is -2.38. The molecule has 3 rings (SSSR count). The number of carbonyl (C=O) groups excluding carboxylic acids is 1. The molecule has 0 aromatic heterocycles. The maximum atomic E-state index is 13.1. The predicted octanol–water partition coefficient (Wildman–Crippen LogP) is 2.89. The van der Waals surface area contributed by atoms with E-state index in [9.17, 15) is 14.4 Å². The Morgan fingerprint density at radius 2 is 1.88 bits per heavy atom. The maximum Gasteiger partial charge on any atom is 0.226 e. The molecule has 0 saturated carbocycles. The fraction of sp³-hybridized carbons (Fsp3) is 0.474. The minimum Gasteiger partial charge on any atom is -0.340 e. The van der Waals surface area contributed by atoms with Crippen LogP contribution < -0.4 is 0 Å². The smallest absolute Gasteiger partial charge is 0.226 e. The molecule has 0 spiro atoms. The average Bonchev–Trinajstić information content (AvgIpc) is 2.64. The van der Waals surface area contributed by atoms with Gasteiger partial charge in [-0.2, -0.15) is 5.26 Å². The molecular weight excluding hydrogens is 305 g/mol. The number of halogens is 1. The van der Waals surface area contributed by atoms with Crippen molar-refractivity contribution < 1.29 is 9.18 Å². The highest BCUT2D eigenvalue weighted by atomic mass is 19.1. The van der Waals surface area contributed by atoms with Gasteiger partial charge in [-0.15, -0.1) is 0 Å². The Hall–Kier alpha value is -2.19. The standard InChI is InChI=1S/C19H22FN3O/c20-17-8-6-15(7-9-17)18(14-21)22-10-12-23(13-11-22)19(24)16-4-2-1-3-5-16/h1-2,6-9,16,18H,3-5,10-13H2/t16-,18+/m1/s1. The van der Waals surface area contributed by atoms with E-state index in [4.69, 9.17) is 0 Å². The van der Waals surface area contributed by atoms with Crippen molar-refractivity contribution in [2.75, 3.05) is 26.2 Å². The minimum absolute atomic E-state index is 0.116. The molecule has 4 nitrogen and oxygen atoms in total. The maximum absolute atomic E-state index is 13.1. The van der Waals surface area contributed by atoms with Crippen molar-refractivity contribution in [2.24, 2.45) is 5.92 Å². The largest absolute Gasteiger partial charge is 0.340 e. The summed E-state index contributed by atoms with van der Waals surface area (Å²) in [6.45, 7) is 2.64. The van der Waals surface area contributed by atoms with E-state index in [0.717, 1.165) is 24.8 Å². The summed E-state index contributed by atoms with van der Waals surface area (Å²) in [5.74, 6) is 0.0621. The van der Waals surface area contributed by atoms with Crippen LogP contribution in [0.5, 0.6) is 0 Å². The molecule has 1 heterocycles. The highest BCUT2D eigenvalue weighted by molar-refractivity contribution is 5.79. The second-order valence-electron chi connectivity index (χ2n) is 6.43. The Bertz CT molecular complexity index is 642. The molecule has 126 valence electrons. The fourth-order valence-corrected chi connectivity index (χ4v) is 3.49. The molecule has 0 radical (unpaired) electrons. The topological polar surface area (TPSA) is 47.3 Å². The van der Waals surface area contributed by atoms with Gasteiger partial charge in [0.25, 0.3) is 0 Å². The summed E-state index contributed by atoms with van der Waals surface area (Å²) in [6.07, 6.45) is 7.00. The number of amides is 1. The van der Waals surface area contributed by atoms with E-state index in [1.165, 1.54) is 12.1 Å². The van der Waals surface area contributed by atoms with Gasteiger partial charge >= 0.3 is 0 Å². The highest BCUT2D eigenvalue weighted by Crippen LogP contribution is 2.24. The molecule has 1 aromatic rings. The van der Waals surface area contributed by atoms with Gasteiger partial charge in [0.05, 0.1) is 6.07 Å². The number of hydrogen-bond acceptors (Lipinski definition) is 3. The van der Waals surface area contributed by atoms with Crippen molar-refractivity contribution in [1.82, 2.24) is 9.80 Å². The summed E-state index contributed by atoms with van der Waals surface area (Å²) in [5.41, 5.74) is 0.802. The SMILES string of the molecule is N#C[C@@H](c1ccc(F)cc1)N1CCN(C(=O)[C@@H]2CC=CCC2)CC1.